The van der Waals surface area contributed by atoms with Crippen LogP contribution in [0.4, 0.5) is 0 Å². The monoisotopic (exact) mass is 340 g/mol. The van der Waals surface area contributed by atoms with Crippen LogP contribution >= 0.6 is 15.6 Å². The van der Waals surface area contributed by atoms with E-state index in [2.05, 4.69) is 8.83 Å². The molecule has 0 fully saturated rings. The van der Waals surface area contributed by atoms with Gasteiger partial charge < -0.3 is 35.1 Å². The highest BCUT2D eigenvalue weighted by Crippen LogP contribution is 2.57. The molecule has 0 aliphatic carbocycles. The molecule has 0 spiro atoms. The second-order valence-electron chi connectivity index (χ2n) is 3.47. The second kappa shape index (κ2) is 7.69. The van der Waals surface area contributed by atoms with E-state index in [1.54, 1.807) is 0 Å². The molecule has 7 N–H and O–H groups in total. The molecule has 0 rings (SSSR count). The van der Waals surface area contributed by atoms with E-state index in [9.17, 15) is 19.0 Å². The van der Waals surface area contributed by atoms with Crippen molar-refractivity contribution in [1.29, 1.82) is 0 Å². The van der Waals surface area contributed by atoms with Crippen molar-refractivity contribution in [2.75, 3.05) is 13.2 Å². The first-order valence-corrected chi connectivity index (χ1v) is 7.84. The number of aliphatic hydroxyl groups excluding tert-OH is 4. The van der Waals surface area contributed by atoms with Crippen molar-refractivity contribution in [3.63, 3.8) is 0 Å². The summed E-state index contributed by atoms with van der Waals surface area (Å²) in [6.07, 6.45) is -6.19. The number of rotatable bonds is 9. The molecule has 0 aliphatic heterocycles. The number of phosphoric ester groups is 1. The third-order valence-corrected chi connectivity index (χ3v) is 3.95. The average Bonchev–Trinajstić information content (AvgIpc) is 2.30. The van der Waals surface area contributed by atoms with Crippen molar-refractivity contribution in [2.24, 2.45) is 0 Å². The lowest BCUT2D eigenvalue weighted by molar-refractivity contribution is -0.142. The van der Waals surface area contributed by atoms with Crippen LogP contribution in [0.5, 0.6) is 0 Å². The largest absolute Gasteiger partial charge is 0.481 e. The van der Waals surface area contributed by atoms with Crippen LogP contribution in [0.2, 0.25) is 0 Å². The Morgan fingerprint density at radius 2 is 1.60 bits per heavy atom. The predicted molar refractivity (Wildman–Crippen MR) is 59.0 cm³/mol. The Morgan fingerprint density at radius 1 is 1.10 bits per heavy atom. The van der Waals surface area contributed by atoms with Crippen LogP contribution in [0.3, 0.4) is 0 Å². The summed E-state index contributed by atoms with van der Waals surface area (Å²) in [5, 5.41) is 35.8. The second-order valence-corrected chi connectivity index (χ2v) is 6.30. The summed E-state index contributed by atoms with van der Waals surface area (Å²) in [6.45, 7) is -2.31. The summed E-state index contributed by atoms with van der Waals surface area (Å²) in [4.78, 5) is 36.5. The van der Waals surface area contributed by atoms with Gasteiger partial charge in [0.05, 0.1) is 6.61 Å². The number of hydrogen-bond donors (Lipinski definition) is 7. The zero-order valence-electron chi connectivity index (χ0n) is 9.71. The predicted octanol–water partition coefficient (Wildman–Crippen LogP) is -3.14. The number of carbonyl (C=O) groups is 1. The lowest BCUT2D eigenvalue weighted by atomic mass is 10.1. The van der Waals surface area contributed by atoms with E-state index in [0.29, 0.717) is 0 Å². The molecule has 0 aromatic carbocycles. The molecule has 4 atom stereocenters. The van der Waals surface area contributed by atoms with E-state index in [0.717, 1.165) is 0 Å². The lowest BCUT2D eigenvalue weighted by Crippen LogP contribution is -2.45. The number of carbonyl (C=O) groups excluding carboxylic acids is 1. The highest BCUT2D eigenvalue weighted by Gasteiger charge is 2.35. The van der Waals surface area contributed by atoms with Crippen LogP contribution in [0.15, 0.2) is 0 Å². The molecule has 1 unspecified atom stereocenters. The fourth-order valence-electron chi connectivity index (χ4n) is 0.897. The van der Waals surface area contributed by atoms with Gasteiger partial charge in [0, 0.05) is 0 Å². The molecule has 0 heterocycles. The number of hydrogen-bond acceptors (Lipinski definition) is 9. The topological polar surface area (TPSA) is 211 Å². The van der Waals surface area contributed by atoms with Crippen molar-refractivity contribution in [1.82, 2.24) is 0 Å². The molecule has 120 valence electrons. The van der Waals surface area contributed by atoms with Crippen molar-refractivity contribution in [3.05, 3.63) is 0 Å². The molecule has 12 nitrogen and oxygen atoms in total. The lowest BCUT2D eigenvalue weighted by Gasteiger charge is -2.20. The van der Waals surface area contributed by atoms with Gasteiger partial charge in [0.1, 0.15) is 24.9 Å². The van der Waals surface area contributed by atoms with Gasteiger partial charge in [-0.1, -0.05) is 0 Å². The maximum Gasteiger partial charge on any atom is 0.481 e. The molecule has 0 amide bonds. The molecular weight excluding hydrogens is 326 g/mol. The SMILES string of the molecule is O=C(COP(=O)(O)OP(=O)(O)O)[C@@H](O)[C@H](O)[C@@H](O)CO. The Hall–Kier alpha value is -0.230. The first-order valence-electron chi connectivity index (χ1n) is 4.81. The molecule has 0 bridgehead atoms. The highest BCUT2D eigenvalue weighted by molar-refractivity contribution is 7.60. The van der Waals surface area contributed by atoms with E-state index in [-0.39, 0.29) is 0 Å². The third kappa shape index (κ3) is 7.53. The Bertz CT molecular complexity index is 416. The van der Waals surface area contributed by atoms with Gasteiger partial charge in [-0.05, 0) is 0 Å². The molecule has 14 heteroatoms. The number of ketones is 1. The van der Waals surface area contributed by atoms with Crippen molar-refractivity contribution in [2.45, 2.75) is 18.3 Å². The Kier molecular flexibility index (Phi) is 7.60. The van der Waals surface area contributed by atoms with Gasteiger partial charge in [0.2, 0.25) is 0 Å². The fraction of sp³-hybridized carbons (Fsp3) is 0.833. The standard InChI is InChI=1S/C6H14O12P2/c7-1-3(8)5(10)6(11)4(9)2-17-20(15,16)18-19(12,13)14/h3,5-8,10-11H,1-2H2,(H,15,16)(H2,12,13,14)/t3-,5+,6+/m0/s1. The van der Waals surface area contributed by atoms with Gasteiger partial charge in [-0.25, -0.2) is 9.13 Å². The molecule has 0 saturated carbocycles. The molecule has 0 saturated heterocycles. The van der Waals surface area contributed by atoms with Crippen molar-refractivity contribution >= 4 is 21.4 Å². The van der Waals surface area contributed by atoms with Crippen LogP contribution in [0, 0.1) is 0 Å². The van der Waals surface area contributed by atoms with Gasteiger partial charge in [-0.2, -0.15) is 4.31 Å². The first kappa shape index (κ1) is 19.8. The number of Topliss-reactive ketones (excluding diaryl/α,β-unsaturated/α-hetero) is 1. The highest BCUT2D eigenvalue weighted by atomic mass is 31.3. The van der Waals surface area contributed by atoms with Gasteiger partial charge in [0.25, 0.3) is 0 Å². The third-order valence-electron chi connectivity index (χ3n) is 1.81. The zero-order chi connectivity index (χ0) is 16.1. The van der Waals surface area contributed by atoms with Crippen LogP contribution < -0.4 is 0 Å². The van der Waals surface area contributed by atoms with E-state index in [1.165, 1.54) is 0 Å². The van der Waals surface area contributed by atoms with E-state index in [1.807, 2.05) is 0 Å². The Balaban J connectivity index is 4.49. The maximum atomic E-state index is 11.2. The maximum absolute atomic E-state index is 11.2. The first-order chi connectivity index (χ1) is 8.89. The molecule has 0 aliphatic rings. The van der Waals surface area contributed by atoms with Gasteiger partial charge in [-0.15, -0.1) is 0 Å². The van der Waals surface area contributed by atoms with E-state index < -0.39 is 53.0 Å². The summed E-state index contributed by atoms with van der Waals surface area (Å²) in [5.74, 6) is -1.39. The van der Waals surface area contributed by atoms with Crippen LogP contribution in [0.1, 0.15) is 0 Å². The fourth-order valence-corrected chi connectivity index (χ4v) is 2.45. The quantitative estimate of drug-likeness (QED) is 0.207. The normalized spacial score (nSPS) is 19.9. The smallest absolute Gasteiger partial charge is 0.394 e. The summed E-state index contributed by atoms with van der Waals surface area (Å²) < 4.78 is 28.5. The average molecular weight is 340 g/mol. The molecular formula is C6H14O12P2. The summed E-state index contributed by atoms with van der Waals surface area (Å²) in [6, 6.07) is 0. The molecule has 0 aromatic heterocycles. The molecule has 0 radical (unpaired) electrons. The van der Waals surface area contributed by atoms with Crippen molar-refractivity contribution < 1.29 is 57.9 Å². The van der Waals surface area contributed by atoms with Gasteiger partial charge >= 0.3 is 15.6 Å². The Labute approximate surface area is 112 Å². The zero-order valence-corrected chi connectivity index (χ0v) is 11.5. The summed E-state index contributed by atoms with van der Waals surface area (Å²) in [7, 11) is -10.6. The summed E-state index contributed by atoms with van der Waals surface area (Å²) in [5.41, 5.74) is 0. The minimum atomic E-state index is -5.34. The van der Waals surface area contributed by atoms with Crippen molar-refractivity contribution in [3.8, 4) is 0 Å². The van der Waals surface area contributed by atoms with Gasteiger partial charge in [0.15, 0.2) is 5.78 Å². The summed E-state index contributed by atoms with van der Waals surface area (Å²) >= 11 is 0. The number of aliphatic hydroxyl groups is 4. The molecule has 20 heavy (non-hydrogen) atoms. The van der Waals surface area contributed by atoms with E-state index >= 15 is 0 Å². The van der Waals surface area contributed by atoms with E-state index in [4.69, 9.17) is 30.0 Å². The minimum Gasteiger partial charge on any atom is -0.394 e. The number of phosphoric acid groups is 2. The van der Waals surface area contributed by atoms with Crippen LogP contribution in [0.25, 0.3) is 0 Å². The minimum absolute atomic E-state index is 0.966. The van der Waals surface area contributed by atoms with Crippen LogP contribution in [-0.2, 0) is 22.8 Å². The van der Waals surface area contributed by atoms with Crippen LogP contribution in [-0.4, -0.2) is 72.4 Å². The Morgan fingerprint density at radius 3 is 2.00 bits per heavy atom. The van der Waals surface area contributed by atoms with Gasteiger partial charge in [-0.3, -0.25) is 9.32 Å². The molecule has 0 aromatic rings.